The second kappa shape index (κ2) is 11.7. The zero-order chi connectivity index (χ0) is 18.6. The number of ether oxygens (including phenoxy) is 2. The number of nitrogens with one attached hydrogen (secondary N) is 2. The fraction of sp³-hybridized carbons (Fsp3) is 0.632. The van der Waals surface area contributed by atoms with Gasteiger partial charge in [0, 0.05) is 39.5 Å². The summed E-state index contributed by atoms with van der Waals surface area (Å²) in [4.78, 5) is 4.44. The van der Waals surface area contributed by atoms with Crippen molar-refractivity contribution in [2.24, 2.45) is 10.9 Å². The number of nitrogens with zero attached hydrogens (tertiary/aromatic N) is 1. The fourth-order valence-corrected chi connectivity index (χ4v) is 2.70. The highest BCUT2D eigenvalue weighted by molar-refractivity contribution is 5.79. The lowest BCUT2D eigenvalue weighted by molar-refractivity contribution is 0.0203. The molecule has 1 saturated heterocycles. The standard InChI is InChI=1S/C19H30FN3O3/c1-2-21-19(23-13-16-4-5-18(24)17(20)12-16)22-8-3-9-26-14-15-6-10-25-11-7-15/h4-5,12,15,24H,2-3,6-11,13-14H2,1H3,(H2,21,22,23). The Balaban J connectivity index is 1.65. The highest BCUT2D eigenvalue weighted by Crippen LogP contribution is 2.16. The first-order valence-electron chi connectivity index (χ1n) is 9.34. The van der Waals surface area contributed by atoms with Gasteiger partial charge in [0.2, 0.25) is 0 Å². The quantitative estimate of drug-likeness (QED) is 0.355. The molecule has 1 aliphatic rings. The van der Waals surface area contributed by atoms with Crippen LogP contribution in [0, 0.1) is 11.7 Å². The van der Waals surface area contributed by atoms with Crippen molar-refractivity contribution in [2.75, 3.05) is 39.5 Å². The van der Waals surface area contributed by atoms with Crippen molar-refractivity contribution < 1.29 is 19.0 Å². The molecule has 0 atom stereocenters. The molecule has 0 unspecified atom stereocenters. The summed E-state index contributed by atoms with van der Waals surface area (Å²) in [6, 6.07) is 4.30. The van der Waals surface area contributed by atoms with Crippen LogP contribution in [0.3, 0.4) is 0 Å². The number of hydrogen-bond donors (Lipinski definition) is 3. The van der Waals surface area contributed by atoms with Crippen LogP contribution < -0.4 is 10.6 Å². The van der Waals surface area contributed by atoms with Gasteiger partial charge in [-0.2, -0.15) is 0 Å². The largest absolute Gasteiger partial charge is 0.505 e. The van der Waals surface area contributed by atoms with Gasteiger partial charge in [-0.25, -0.2) is 9.38 Å². The number of guanidine groups is 1. The molecular formula is C19H30FN3O3. The molecule has 0 bridgehead atoms. The molecule has 1 fully saturated rings. The van der Waals surface area contributed by atoms with Gasteiger partial charge in [-0.3, -0.25) is 0 Å². The third-order valence-corrected chi connectivity index (χ3v) is 4.23. The van der Waals surface area contributed by atoms with Crippen LogP contribution in [0.2, 0.25) is 0 Å². The van der Waals surface area contributed by atoms with Gasteiger partial charge in [0.05, 0.1) is 6.54 Å². The summed E-state index contributed by atoms with van der Waals surface area (Å²) in [7, 11) is 0. The molecule has 1 aromatic rings. The normalized spacial score (nSPS) is 15.8. The third-order valence-electron chi connectivity index (χ3n) is 4.23. The molecule has 26 heavy (non-hydrogen) atoms. The third kappa shape index (κ3) is 7.58. The smallest absolute Gasteiger partial charge is 0.191 e. The van der Waals surface area contributed by atoms with Gasteiger partial charge in [0.1, 0.15) is 0 Å². The summed E-state index contributed by atoms with van der Waals surface area (Å²) in [5.41, 5.74) is 0.706. The summed E-state index contributed by atoms with van der Waals surface area (Å²) < 4.78 is 24.4. The number of aromatic hydroxyl groups is 1. The Bertz CT molecular complexity index is 563. The lowest BCUT2D eigenvalue weighted by Gasteiger charge is -2.21. The molecule has 6 nitrogen and oxygen atoms in total. The minimum atomic E-state index is -0.627. The number of benzene rings is 1. The van der Waals surface area contributed by atoms with Crippen LogP contribution in [0.15, 0.2) is 23.2 Å². The van der Waals surface area contributed by atoms with E-state index in [1.807, 2.05) is 6.92 Å². The van der Waals surface area contributed by atoms with Crippen molar-refractivity contribution in [3.05, 3.63) is 29.6 Å². The molecule has 2 rings (SSSR count). The van der Waals surface area contributed by atoms with Crippen LogP contribution in [-0.4, -0.2) is 50.6 Å². The Hall–Kier alpha value is -1.86. The average molecular weight is 367 g/mol. The zero-order valence-corrected chi connectivity index (χ0v) is 15.5. The van der Waals surface area contributed by atoms with Crippen molar-refractivity contribution in [3.63, 3.8) is 0 Å². The van der Waals surface area contributed by atoms with Crippen molar-refractivity contribution in [3.8, 4) is 5.75 Å². The van der Waals surface area contributed by atoms with E-state index in [1.54, 1.807) is 6.07 Å². The number of hydrogen-bond acceptors (Lipinski definition) is 4. The maximum atomic E-state index is 13.4. The molecule has 146 valence electrons. The Morgan fingerprint density at radius 2 is 2.15 bits per heavy atom. The van der Waals surface area contributed by atoms with Crippen molar-refractivity contribution in [1.82, 2.24) is 10.6 Å². The van der Waals surface area contributed by atoms with E-state index in [2.05, 4.69) is 15.6 Å². The Kier molecular flexibility index (Phi) is 9.20. The molecule has 0 saturated carbocycles. The summed E-state index contributed by atoms with van der Waals surface area (Å²) >= 11 is 0. The molecule has 0 spiro atoms. The highest BCUT2D eigenvalue weighted by atomic mass is 19.1. The molecular weight excluding hydrogens is 337 g/mol. The van der Waals surface area contributed by atoms with Crippen LogP contribution in [-0.2, 0) is 16.0 Å². The minimum Gasteiger partial charge on any atom is -0.505 e. The number of phenolic OH excluding ortho intramolecular Hbond substituents is 1. The molecule has 0 amide bonds. The second-order valence-electron chi connectivity index (χ2n) is 6.39. The zero-order valence-electron chi connectivity index (χ0n) is 15.5. The van der Waals surface area contributed by atoms with Gasteiger partial charge >= 0.3 is 0 Å². The first kappa shape index (κ1) is 20.5. The molecule has 3 N–H and O–H groups in total. The first-order chi connectivity index (χ1) is 12.7. The summed E-state index contributed by atoms with van der Waals surface area (Å²) in [5, 5.41) is 15.6. The molecule has 1 heterocycles. The summed E-state index contributed by atoms with van der Waals surface area (Å²) in [6.45, 7) is 7.06. The SMILES string of the molecule is CCNC(=NCc1ccc(O)c(F)c1)NCCCOCC1CCOCC1. The van der Waals surface area contributed by atoms with Gasteiger partial charge in [-0.1, -0.05) is 6.07 Å². The molecule has 1 aliphatic heterocycles. The summed E-state index contributed by atoms with van der Waals surface area (Å²) in [5.74, 6) is 0.340. The highest BCUT2D eigenvalue weighted by Gasteiger charge is 2.13. The lowest BCUT2D eigenvalue weighted by Crippen LogP contribution is -2.38. The van der Waals surface area contributed by atoms with Gasteiger partial charge in [-0.05, 0) is 49.8 Å². The van der Waals surface area contributed by atoms with Crippen LogP contribution in [0.5, 0.6) is 5.75 Å². The van der Waals surface area contributed by atoms with E-state index in [-0.39, 0.29) is 5.75 Å². The maximum Gasteiger partial charge on any atom is 0.191 e. The van der Waals surface area contributed by atoms with E-state index in [0.717, 1.165) is 52.2 Å². The lowest BCUT2D eigenvalue weighted by atomic mass is 10.0. The Morgan fingerprint density at radius 1 is 1.35 bits per heavy atom. The van der Waals surface area contributed by atoms with E-state index in [0.29, 0.717) is 30.6 Å². The van der Waals surface area contributed by atoms with Crippen molar-refractivity contribution >= 4 is 5.96 Å². The Morgan fingerprint density at radius 3 is 2.88 bits per heavy atom. The average Bonchev–Trinajstić information content (AvgIpc) is 2.66. The number of phenols is 1. The van der Waals surface area contributed by atoms with Crippen LogP contribution >= 0.6 is 0 Å². The number of halogens is 1. The monoisotopic (exact) mass is 367 g/mol. The number of aliphatic imine (C=N–C) groups is 1. The predicted octanol–water partition coefficient (Wildman–Crippen LogP) is 2.42. The van der Waals surface area contributed by atoms with E-state index in [4.69, 9.17) is 9.47 Å². The molecule has 7 heteroatoms. The molecule has 1 aromatic carbocycles. The summed E-state index contributed by atoms with van der Waals surface area (Å²) in [6.07, 6.45) is 3.07. The van der Waals surface area contributed by atoms with Gasteiger partial charge in [0.25, 0.3) is 0 Å². The van der Waals surface area contributed by atoms with Gasteiger partial charge < -0.3 is 25.2 Å². The minimum absolute atomic E-state index is 0.340. The Labute approximate surface area is 154 Å². The fourth-order valence-electron chi connectivity index (χ4n) is 2.70. The molecule has 0 aromatic heterocycles. The van der Waals surface area contributed by atoms with Crippen molar-refractivity contribution in [1.29, 1.82) is 0 Å². The molecule has 0 radical (unpaired) electrons. The van der Waals surface area contributed by atoms with E-state index in [9.17, 15) is 9.50 Å². The van der Waals surface area contributed by atoms with E-state index >= 15 is 0 Å². The van der Waals surface area contributed by atoms with E-state index in [1.165, 1.54) is 12.1 Å². The predicted molar refractivity (Wildman–Crippen MR) is 99.9 cm³/mol. The number of rotatable bonds is 9. The second-order valence-corrected chi connectivity index (χ2v) is 6.39. The van der Waals surface area contributed by atoms with Gasteiger partial charge in [0.15, 0.2) is 17.5 Å². The van der Waals surface area contributed by atoms with Crippen LogP contribution in [0.25, 0.3) is 0 Å². The van der Waals surface area contributed by atoms with Crippen LogP contribution in [0.4, 0.5) is 4.39 Å². The maximum absolute atomic E-state index is 13.4. The van der Waals surface area contributed by atoms with Crippen molar-refractivity contribution in [2.45, 2.75) is 32.7 Å². The van der Waals surface area contributed by atoms with E-state index < -0.39 is 5.82 Å². The van der Waals surface area contributed by atoms with Gasteiger partial charge in [-0.15, -0.1) is 0 Å². The molecule has 0 aliphatic carbocycles. The van der Waals surface area contributed by atoms with Crippen LogP contribution in [0.1, 0.15) is 31.7 Å². The first-order valence-corrected chi connectivity index (χ1v) is 9.34. The topological polar surface area (TPSA) is 75.1 Å².